The van der Waals surface area contributed by atoms with Crippen molar-refractivity contribution < 1.29 is 80.2 Å². The number of rotatable bonds is 82. The second-order valence-corrected chi connectivity index (χ2v) is 33.7. The Hall–Kier alpha value is -1.94. The Bertz CT molecular complexity index is 1960. The standard InChI is InChI=1S/C83H162O17P2/c1-7-9-11-13-15-17-19-21-23-25-27-29-33-37-41-47-53-59-65-80(85)93-71-78(99-82(87)67-61-55-48-42-38-34-30-28-26-24-22-20-18-16-14-12-10-8-2)73-97-101(89,90)95-69-77(84)70-96-102(91,92)98-74-79(72-94-81(86)66-60-54-50-44-46-52-58-64-76(5)6)100-83(88)68-62-56-49-43-39-35-31-32-36-40-45-51-57-63-75(3)4/h75-79,84H,7-74H2,1-6H3,(H,89,90)(H,91,92)/t77-,78-,79-/m1/s1. The summed E-state index contributed by atoms with van der Waals surface area (Å²) in [5.74, 6) is -0.615. The number of carbonyl (C=O) groups excluding carboxylic acids is 4. The first-order valence-electron chi connectivity index (χ1n) is 43.0. The summed E-state index contributed by atoms with van der Waals surface area (Å²) in [6.07, 6.45) is 65.3. The van der Waals surface area contributed by atoms with E-state index in [1.165, 1.54) is 250 Å². The van der Waals surface area contributed by atoms with Crippen molar-refractivity contribution in [2.75, 3.05) is 39.6 Å². The highest BCUT2D eigenvalue weighted by molar-refractivity contribution is 7.47. The molecule has 0 aromatic heterocycles. The smallest absolute Gasteiger partial charge is 0.462 e. The van der Waals surface area contributed by atoms with Crippen LogP contribution in [-0.2, 0) is 65.4 Å². The molecule has 0 saturated carbocycles. The van der Waals surface area contributed by atoms with Crippen molar-refractivity contribution in [2.45, 2.75) is 458 Å². The van der Waals surface area contributed by atoms with E-state index >= 15 is 0 Å². The Morgan fingerprint density at radius 2 is 0.451 bits per heavy atom. The predicted molar refractivity (Wildman–Crippen MR) is 418 cm³/mol. The molecule has 102 heavy (non-hydrogen) atoms. The number of aliphatic hydroxyl groups is 1. The molecule has 0 aromatic carbocycles. The van der Waals surface area contributed by atoms with Gasteiger partial charge in [0, 0.05) is 25.7 Å². The fourth-order valence-corrected chi connectivity index (χ4v) is 14.5. The molecule has 0 rings (SSSR count). The van der Waals surface area contributed by atoms with E-state index in [-0.39, 0.29) is 25.7 Å². The zero-order valence-corrected chi connectivity index (χ0v) is 68.7. The van der Waals surface area contributed by atoms with Gasteiger partial charge >= 0.3 is 39.5 Å². The molecule has 2 unspecified atom stereocenters. The van der Waals surface area contributed by atoms with Crippen LogP contribution in [-0.4, -0.2) is 96.7 Å². The molecule has 0 saturated heterocycles. The van der Waals surface area contributed by atoms with Crippen LogP contribution in [0.1, 0.15) is 440 Å². The molecule has 5 atom stereocenters. The van der Waals surface area contributed by atoms with Crippen molar-refractivity contribution in [3.8, 4) is 0 Å². The van der Waals surface area contributed by atoms with Gasteiger partial charge in [-0.05, 0) is 37.5 Å². The summed E-state index contributed by atoms with van der Waals surface area (Å²) in [6.45, 7) is 9.61. The number of aliphatic hydroxyl groups excluding tert-OH is 1. The number of unbranched alkanes of at least 4 members (excludes halogenated alkanes) is 52. The fourth-order valence-electron chi connectivity index (χ4n) is 12.9. The van der Waals surface area contributed by atoms with Gasteiger partial charge in [0.05, 0.1) is 26.4 Å². The van der Waals surface area contributed by atoms with Crippen LogP contribution in [0, 0.1) is 11.8 Å². The summed E-state index contributed by atoms with van der Waals surface area (Å²) in [7, 11) is -9.92. The van der Waals surface area contributed by atoms with Gasteiger partial charge in [0.25, 0.3) is 0 Å². The Labute approximate surface area is 626 Å². The number of carbonyl (C=O) groups is 4. The van der Waals surface area contributed by atoms with Gasteiger partial charge in [-0.1, -0.05) is 388 Å². The summed E-state index contributed by atoms with van der Waals surface area (Å²) in [6, 6.07) is 0. The third-order valence-corrected chi connectivity index (χ3v) is 21.4. The minimum absolute atomic E-state index is 0.107. The summed E-state index contributed by atoms with van der Waals surface area (Å²) in [5.41, 5.74) is 0. The largest absolute Gasteiger partial charge is 0.472 e. The first-order chi connectivity index (χ1) is 49.4. The molecule has 0 radical (unpaired) electrons. The molecule has 0 aliphatic rings. The molecule has 17 nitrogen and oxygen atoms in total. The quantitative estimate of drug-likeness (QED) is 0.0222. The van der Waals surface area contributed by atoms with Crippen LogP contribution in [0.2, 0.25) is 0 Å². The SMILES string of the molecule is CCCCCCCCCCCCCCCCCCCCC(=O)OC[C@H](COP(=O)(O)OC[C@@H](O)COP(=O)(O)OC[C@@H](COC(=O)CCCCCCCCCC(C)C)OC(=O)CCCCCCCCCCCCCCCC(C)C)OC(=O)CCCCCCCCCCCCCCCCCCCC. The molecule has 0 amide bonds. The number of phosphoric ester groups is 2. The van der Waals surface area contributed by atoms with Crippen LogP contribution < -0.4 is 0 Å². The molecular weight excluding hydrogens is 1330 g/mol. The second-order valence-electron chi connectivity index (χ2n) is 30.8. The van der Waals surface area contributed by atoms with Crippen LogP contribution in [0.15, 0.2) is 0 Å². The fraction of sp³-hybridized carbons (Fsp3) is 0.952. The minimum Gasteiger partial charge on any atom is -0.462 e. The minimum atomic E-state index is -4.96. The summed E-state index contributed by atoms with van der Waals surface area (Å²) in [5, 5.41) is 10.7. The monoisotopic (exact) mass is 1490 g/mol. The lowest BCUT2D eigenvalue weighted by Gasteiger charge is -2.21. The first-order valence-corrected chi connectivity index (χ1v) is 46.0. The molecule has 19 heteroatoms. The molecule has 0 bridgehead atoms. The van der Waals surface area contributed by atoms with Gasteiger partial charge in [-0.3, -0.25) is 37.3 Å². The lowest BCUT2D eigenvalue weighted by Crippen LogP contribution is -2.30. The summed E-state index contributed by atoms with van der Waals surface area (Å²) < 4.78 is 68.8. The lowest BCUT2D eigenvalue weighted by molar-refractivity contribution is -0.161. The molecule has 0 heterocycles. The normalized spacial score (nSPS) is 13.9. The number of hydrogen-bond acceptors (Lipinski definition) is 15. The zero-order chi connectivity index (χ0) is 74.9. The van der Waals surface area contributed by atoms with Gasteiger partial charge in [0.1, 0.15) is 19.3 Å². The average molecular weight is 1490 g/mol. The van der Waals surface area contributed by atoms with Crippen molar-refractivity contribution >= 4 is 39.5 Å². The molecule has 0 aromatic rings. The third kappa shape index (κ3) is 76.3. The maximum absolute atomic E-state index is 13.1. The van der Waals surface area contributed by atoms with Crippen molar-refractivity contribution in [2.24, 2.45) is 11.8 Å². The van der Waals surface area contributed by atoms with E-state index in [1.54, 1.807) is 0 Å². The number of hydrogen-bond donors (Lipinski definition) is 3. The highest BCUT2D eigenvalue weighted by atomic mass is 31.2. The Morgan fingerprint density at radius 3 is 0.667 bits per heavy atom. The topological polar surface area (TPSA) is 237 Å². The van der Waals surface area contributed by atoms with E-state index in [0.29, 0.717) is 31.6 Å². The lowest BCUT2D eigenvalue weighted by atomic mass is 10.0. The van der Waals surface area contributed by atoms with E-state index in [2.05, 4.69) is 41.5 Å². The van der Waals surface area contributed by atoms with E-state index in [1.807, 2.05) is 0 Å². The van der Waals surface area contributed by atoms with Gasteiger partial charge in [-0.2, -0.15) is 0 Å². The van der Waals surface area contributed by atoms with Crippen LogP contribution >= 0.6 is 15.6 Å². The predicted octanol–water partition coefficient (Wildman–Crippen LogP) is 25.1. The molecule has 3 N–H and O–H groups in total. The van der Waals surface area contributed by atoms with E-state index in [4.69, 9.17) is 37.0 Å². The molecule has 0 fully saturated rings. The Kier molecular flexibility index (Phi) is 73.1. The van der Waals surface area contributed by atoms with Gasteiger partial charge in [-0.15, -0.1) is 0 Å². The molecular formula is C83H162O17P2. The van der Waals surface area contributed by atoms with Crippen molar-refractivity contribution in [3.63, 3.8) is 0 Å². The van der Waals surface area contributed by atoms with E-state index < -0.39 is 97.5 Å². The van der Waals surface area contributed by atoms with E-state index in [9.17, 15) is 43.2 Å². The van der Waals surface area contributed by atoms with Gasteiger partial charge in [0.15, 0.2) is 12.2 Å². The Balaban J connectivity index is 5.24. The first kappa shape index (κ1) is 100. The molecule has 0 aliphatic carbocycles. The van der Waals surface area contributed by atoms with Crippen molar-refractivity contribution in [1.29, 1.82) is 0 Å². The van der Waals surface area contributed by atoms with Crippen LogP contribution in [0.5, 0.6) is 0 Å². The van der Waals surface area contributed by atoms with Gasteiger partial charge in [0.2, 0.25) is 0 Å². The Morgan fingerprint density at radius 1 is 0.265 bits per heavy atom. The molecule has 0 aliphatic heterocycles. The number of phosphoric acid groups is 2. The van der Waals surface area contributed by atoms with Gasteiger partial charge in [-0.25, -0.2) is 9.13 Å². The van der Waals surface area contributed by atoms with Crippen molar-refractivity contribution in [3.05, 3.63) is 0 Å². The zero-order valence-electron chi connectivity index (χ0n) is 66.9. The highest BCUT2D eigenvalue weighted by Gasteiger charge is 2.30. The molecule has 0 spiro atoms. The van der Waals surface area contributed by atoms with Crippen molar-refractivity contribution in [1.82, 2.24) is 0 Å². The maximum atomic E-state index is 13.1. The highest BCUT2D eigenvalue weighted by Crippen LogP contribution is 2.45. The maximum Gasteiger partial charge on any atom is 0.472 e. The number of ether oxygens (including phenoxy) is 4. The summed E-state index contributed by atoms with van der Waals surface area (Å²) in [4.78, 5) is 73.1. The second kappa shape index (κ2) is 74.5. The third-order valence-electron chi connectivity index (χ3n) is 19.5. The van der Waals surface area contributed by atoms with Gasteiger partial charge < -0.3 is 33.8 Å². The van der Waals surface area contributed by atoms with E-state index in [0.717, 1.165) is 102 Å². The average Bonchev–Trinajstić information content (AvgIpc) is 0.938. The van der Waals surface area contributed by atoms with Crippen LogP contribution in [0.4, 0.5) is 0 Å². The van der Waals surface area contributed by atoms with Crippen LogP contribution in [0.3, 0.4) is 0 Å². The molecule has 606 valence electrons. The summed E-state index contributed by atoms with van der Waals surface area (Å²) >= 11 is 0. The van der Waals surface area contributed by atoms with Crippen LogP contribution in [0.25, 0.3) is 0 Å². The number of esters is 4.